The molecule has 0 fully saturated rings. The van der Waals surface area contributed by atoms with Crippen molar-refractivity contribution < 1.29 is 9.90 Å². The van der Waals surface area contributed by atoms with Crippen LogP contribution in [0.2, 0.25) is 0 Å². The third-order valence-electron chi connectivity index (χ3n) is 2.72. The summed E-state index contributed by atoms with van der Waals surface area (Å²) < 4.78 is 0. The molecule has 0 aliphatic rings. The highest BCUT2D eigenvalue weighted by Crippen LogP contribution is 2.20. The summed E-state index contributed by atoms with van der Waals surface area (Å²) >= 11 is 0. The number of hydrogen-bond donors (Lipinski definition) is 3. The molecule has 1 aromatic heterocycles. The van der Waals surface area contributed by atoms with Crippen LogP contribution in [0.5, 0.6) is 0 Å². The molecule has 4 nitrogen and oxygen atoms in total. The average molecular weight is 218 g/mol. The van der Waals surface area contributed by atoms with E-state index in [0.717, 1.165) is 16.5 Å². The molecule has 4 N–H and O–H groups in total. The number of carbonyl (C=O) groups is 1. The number of rotatable bonds is 4. The van der Waals surface area contributed by atoms with Crippen molar-refractivity contribution in [2.24, 2.45) is 5.73 Å². The van der Waals surface area contributed by atoms with E-state index in [1.165, 1.54) is 0 Å². The third-order valence-corrected chi connectivity index (χ3v) is 2.72. The Labute approximate surface area is 93.1 Å². The van der Waals surface area contributed by atoms with E-state index in [1.807, 2.05) is 30.5 Å². The van der Waals surface area contributed by atoms with Gasteiger partial charge in [0.05, 0.1) is 12.1 Å². The smallest absolute Gasteiger partial charge is 0.142 e. The third kappa shape index (κ3) is 1.85. The zero-order chi connectivity index (χ0) is 11.6. The fourth-order valence-electron chi connectivity index (χ4n) is 1.77. The van der Waals surface area contributed by atoms with Gasteiger partial charge in [0.1, 0.15) is 6.29 Å². The van der Waals surface area contributed by atoms with Crippen LogP contribution in [0.4, 0.5) is 0 Å². The zero-order valence-corrected chi connectivity index (χ0v) is 8.81. The van der Waals surface area contributed by atoms with Crippen LogP contribution in [0, 0.1) is 0 Å². The first kappa shape index (κ1) is 10.9. The highest BCUT2D eigenvalue weighted by molar-refractivity contribution is 5.83. The lowest BCUT2D eigenvalue weighted by Gasteiger charge is -2.19. The van der Waals surface area contributed by atoms with Crippen LogP contribution in [0.3, 0.4) is 0 Å². The highest BCUT2D eigenvalue weighted by Gasteiger charge is 2.24. The molecule has 0 aliphatic carbocycles. The maximum Gasteiger partial charge on any atom is 0.142 e. The molecule has 0 saturated carbocycles. The number of H-pyrrole nitrogens is 1. The van der Waals surface area contributed by atoms with Gasteiger partial charge in [-0.3, -0.25) is 0 Å². The van der Waals surface area contributed by atoms with Crippen molar-refractivity contribution in [3.8, 4) is 0 Å². The van der Waals surface area contributed by atoms with Gasteiger partial charge in [0.2, 0.25) is 0 Å². The van der Waals surface area contributed by atoms with Gasteiger partial charge in [0, 0.05) is 23.5 Å². The Hall–Kier alpha value is -1.65. The predicted molar refractivity (Wildman–Crippen MR) is 62.1 cm³/mol. The number of carbonyl (C=O) groups excluding carboxylic acids is 1. The monoisotopic (exact) mass is 218 g/mol. The number of para-hydroxylation sites is 1. The first-order valence-corrected chi connectivity index (χ1v) is 5.09. The van der Waals surface area contributed by atoms with Crippen LogP contribution in [-0.2, 0) is 11.2 Å². The van der Waals surface area contributed by atoms with Gasteiger partial charge < -0.3 is 20.6 Å². The van der Waals surface area contributed by atoms with Crippen molar-refractivity contribution in [3.05, 3.63) is 36.0 Å². The number of nitrogens with one attached hydrogen (secondary N) is 1. The number of nitrogens with two attached hydrogens (primary N) is 1. The number of aliphatic hydroxyl groups is 1. The molecular formula is C12H14N2O2. The molecule has 0 radical (unpaired) electrons. The lowest BCUT2D eigenvalue weighted by molar-refractivity contribution is -0.113. The van der Waals surface area contributed by atoms with E-state index < -0.39 is 5.54 Å². The minimum absolute atomic E-state index is 0.330. The Bertz CT molecular complexity index is 506. The van der Waals surface area contributed by atoms with Crippen molar-refractivity contribution in [2.45, 2.75) is 12.0 Å². The molecule has 1 aromatic carbocycles. The number of aliphatic hydroxyl groups excluding tert-OH is 1. The second kappa shape index (κ2) is 4.08. The van der Waals surface area contributed by atoms with Gasteiger partial charge in [-0.2, -0.15) is 0 Å². The number of fused-ring (bicyclic) bond motifs is 1. The van der Waals surface area contributed by atoms with E-state index >= 15 is 0 Å². The van der Waals surface area contributed by atoms with Gasteiger partial charge in [0.15, 0.2) is 0 Å². The van der Waals surface area contributed by atoms with Crippen LogP contribution in [0.25, 0.3) is 10.9 Å². The number of aromatic amines is 1. The molecule has 0 bridgehead atoms. The molecule has 84 valence electrons. The Morgan fingerprint density at radius 3 is 2.88 bits per heavy atom. The molecule has 0 saturated heterocycles. The molecule has 16 heavy (non-hydrogen) atoms. The van der Waals surface area contributed by atoms with Gasteiger partial charge in [-0.1, -0.05) is 18.2 Å². The molecule has 0 spiro atoms. The quantitative estimate of drug-likeness (QED) is 0.657. The summed E-state index contributed by atoms with van der Waals surface area (Å²) in [5.41, 5.74) is 6.50. The molecule has 0 unspecified atom stereocenters. The van der Waals surface area contributed by atoms with Crippen molar-refractivity contribution >= 4 is 17.2 Å². The number of benzene rings is 1. The second-order valence-corrected chi connectivity index (χ2v) is 4.05. The minimum atomic E-state index is -1.19. The standard InChI is InChI=1S/C12H14N2O2/c13-12(7-15,8-16)5-9-6-14-11-4-2-1-3-10(9)11/h1-4,6-7,14,16H,5,8,13H2/t12-/m1/s1. The van der Waals surface area contributed by atoms with Gasteiger partial charge in [0.25, 0.3) is 0 Å². The lowest BCUT2D eigenvalue weighted by Crippen LogP contribution is -2.47. The maximum absolute atomic E-state index is 10.8. The van der Waals surface area contributed by atoms with Crippen molar-refractivity contribution in [1.82, 2.24) is 4.98 Å². The van der Waals surface area contributed by atoms with Gasteiger partial charge in [-0.15, -0.1) is 0 Å². The lowest BCUT2D eigenvalue weighted by atomic mass is 9.94. The summed E-state index contributed by atoms with van der Waals surface area (Å²) in [6.45, 7) is -0.351. The van der Waals surface area contributed by atoms with Crippen molar-refractivity contribution in [1.29, 1.82) is 0 Å². The number of aldehydes is 1. The maximum atomic E-state index is 10.8. The van der Waals surface area contributed by atoms with Crippen LogP contribution in [-0.4, -0.2) is 28.5 Å². The first-order valence-electron chi connectivity index (χ1n) is 5.09. The summed E-state index contributed by atoms with van der Waals surface area (Å²) in [4.78, 5) is 13.9. The van der Waals surface area contributed by atoms with Crippen LogP contribution in [0.1, 0.15) is 5.56 Å². The SMILES string of the molecule is N[C@](C=O)(CO)Cc1c[nH]c2ccccc12. The summed E-state index contributed by atoms with van der Waals surface area (Å²) in [5, 5.41) is 10.1. The number of hydrogen-bond acceptors (Lipinski definition) is 3. The predicted octanol–water partition coefficient (Wildman–Crippen LogP) is 0.599. The fraction of sp³-hybridized carbons (Fsp3) is 0.250. The summed E-state index contributed by atoms with van der Waals surface area (Å²) in [6, 6.07) is 7.78. The summed E-state index contributed by atoms with van der Waals surface area (Å²) in [7, 11) is 0. The molecule has 0 aliphatic heterocycles. The zero-order valence-electron chi connectivity index (χ0n) is 8.81. The first-order chi connectivity index (χ1) is 7.68. The molecule has 1 heterocycles. The molecule has 2 rings (SSSR count). The molecule has 0 amide bonds. The van der Waals surface area contributed by atoms with E-state index in [2.05, 4.69) is 4.98 Å². The summed E-state index contributed by atoms with van der Waals surface area (Å²) in [6.07, 6.45) is 2.76. The highest BCUT2D eigenvalue weighted by atomic mass is 16.3. The van der Waals surface area contributed by atoms with E-state index in [4.69, 9.17) is 10.8 Å². The van der Waals surface area contributed by atoms with Crippen LogP contribution >= 0.6 is 0 Å². The average Bonchev–Trinajstić information content (AvgIpc) is 2.73. The van der Waals surface area contributed by atoms with Crippen molar-refractivity contribution in [2.75, 3.05) is 6.61 Å². The molecule has 4 heteroatoms. The Morgan fingerprint density at radius 2 is 2.19 bits per heavy atom. The van der Waals surface area contributed by atoms with Crippen LogP contribution < -0.4 is 5.73 Å². The Morgan fingerprint density at radius 1 is 1.44 bits per heavy atom. The molecule has 2 aromatic rings. The normalized spacial score (nSPS) is 14.9. The topological polar surface area (TPSA) is 79.1 Å². The van der Waals surface area contributed by atoms with Gasteiger partial charge in [-0.25, -0.2) is 0 Å². The molecular weight excluding hydrogens is 204 g/mol. The van der Waals surface area contributed by atoms with Crippen LogP contribution in [0.15, 0.2) is 30.5 Å². The second-order valence-electron chi connectivity index (χ2n) is 4.05. The van der Waals surface area contributed by atoms with E-state index in [0.29, 0.717) is 12.7 Å². The Kier molecular flexibility index (Phi) is 2.77. The Balaban J connectivity index is 2.38. The molecule has 1 atom stereocenters. The van der Waals surface area contributed by atoms with E-state index in [1.54, 1.807) is 0 Å². The van der Waals surface area contributed by atoms with E-state index in [9.17, 15) is 4.79 Å². The summed E-state index contributed by atoms with van der Waals surface area (Å²) in [5.74, 6) is 0. The number of aromatic nitrogens is 1. The van der Waals surface area contributed by atoms with Gasteiger partial charge in [-0.05, 0) is 11.6 Å². The largest absolute Gasteiger partial charge is 0.394 e. The van der Waals surface area contributed by atoms with Gasteiger partial charge >= 0.3 is 0 Å². The van der Waals surface area contributed by atoms with Crippen molar-refractivity contribution in [3.63, 3.8) is 0 Å². The minimum Gasteiger partial charge on any atom is -0.394 e. The van der Waals surface area contributed by atoms with E-state index in [-0.39, 0.29) is 6.61 Å². The fourth-order valence-corrected chi connectivity index (χ4v) is 1.77.